The number of hydrogen-bond acceptors (Lipinski definition) is 5. The molecule has 0 spiro atoms. The zero-order valence-electron chi connectivity index (χ0n) is 17.5. The maximum absolute atomic E-state index is 12.4. The molecule has 0 unspecified atom stereocenters. The fraction of sp³-hybridized carbons (Fsp3) is 0.182. The number of sulfonamides is 1. The van der Waals surface area contributed by atoms with Crippen molar-refractivity contribution in [1.82, 2.24) is 10.1 Å². The molecule has 0 fully saturated rings. The quantitative estimate of drug-likeness (QED) is 0.282. The number of furan rings is 1. The molecule has 3 aromatic rings. The van der Waals surface area contributed by atoms with E-state index in [0.29, 0.717) is 16.6 Å². The largest absolute Gasteiger partial charge is 0.468 e. The van der Waals surface area contributed by atoms with Gasteiger partial charge < -0.3 is 9.73 Å². The van der Waals surface area contributed by atoms with Gasteiger partial charge in [-0.3, -0.25) is 5.43 Å². The molecule has 1 aromatic heterocycles. The molecule has 0 aliphatic rings. The standard InChI is InChI=1S/C22H24N4O3S2/c1-15-6-4-8-21(16(15)2)24-22(30)26-25-17(3)18-9-11-20(12-10-18)31(27,28)23-14-19-7-5-13-29-19/h4-13,23H,14H2,1-3H3,(H2,24,26,30)/b25-17+. The number of nitrogens with one attached hydrogen (secondary N) is 3. The van der Waals surface area contributed by atoms with Gasteiger partial charge in [-0.2, -0.15) is 5.10 Å². The minimum Gasteiger partial charge on any atom is -0.468 e. The zero-order valence-corrected chi connectivity index (χ0v) is 19.1. The lowest BCUT2D eigenvalue weighted by Crippen LogP contribution is -2.25. The molecule has 0 amide bonds. The highest BCUT2D eigenvalue weighted by atomic mass is 32.2. The molecule has 0 aliphatic heterocycles. The van der Waals surface area contributed by atoms with E-state index >= 15 is 0 Å². The minimum atomic E-state index is -3.64. The van der Waals surface area contributed by atoms with Gasteiger partial charge in [0.2, 0.25) is 10.0 Å². The maximum Gasteiger partial charge on any atom is 0.240 e. The molecular formula is C22H24N4O3S2. The first-order valence-corrected chi connectivity index (χ1v) is 11.5. The predicted molar refractivity (Wildman–Crippen MR) is 127 cm³/mol. The van der Waals surface area contributed by atoms with E-state index < -0.39 is 10.0 Å². The van der Waals surface area contributed by atoms with E-state index in [-0.39, 0.29) is 11.4 Å². The Kier molecular flexibility index (Phi) is 7.21. The van der Waals surface area contributed by atoms with Crippen LogP contribution in [0.15, 0.2) is 75.3 Å². The summed E-state index contributed by atoms with van der Waals surface area (Å²) < 4.78 is 32.5. The van der Waals surface area contributed by atoms with Crippen LogP contribution in [-0.2, 0) is 16.6 Å². The van der Waals surface area contributed by atoms with Crippen molar-refractivity contribution in [2.45, 2.75) is 32.2 Å². The van der Waals surface area contributed by atoms with Crippen LogP contribution in [0.3, 0.4) is 0 Å². The van der Waals surface area contributed by atoms with Gasteiger partial charge in [0, 0.05) is 5.69 Å². The molecule has 3 rings (SSSR count). The fourth-order valence-corrected chi connectivity index (χ4v) is 3.92. The molecule has 7 nitrogen and oxygen atoms in total. The molecule has 162 valence electrons. The first-order chi connectivity index (χ1) is 14.8. The Balaban J connectivity index is 1.61. The number of hydrogen-bond donors (Lipinski definition) is 3. The van der Waals surface area contributed by atoms with Gasteiger partial charge in [-0.1, -0.05) is 24.3 Å². The van der Waals surface area contributed by atoms with E-state index in [1.54, 1.807) is 24.3 Å². The minimum absolute atomic E-state index is 0.0896. The average Bonchev–Trinajstić information content (AvgIpc) is 3.28. The fourth-order valence-electron chi connectivity index (χ4n) is 2.77. The predicted octanol–water partition coefficient (Wildman–Crippen LogP) is 4.09. The third-order valence-corrected chi connectivity index (χ3v) is 6.39. The SMILES string of the molecule is C/C(=N\NC(=S)Nc1cccc(C)c1C)c1ccc(S(=O)(=O)NCc2ccco2)cc1. The molecule has 1 heterocycles. The van der Waals surface area contributed by atoms with Crippen molar-refractivity contribution in [3.05, 3.63) is 83.3 Å². The van der Waals surface area contributed by atoms with Crippen LogP contribution >= 0.6 is 12.2 Å². The second kappa shape index (κ2) is 9.86. The van der Waals surface area contributed by atoms with Crippen molar-refractivity contribution in [3.63, 3.8) is 0 Å². The van der Waals surface area contributed by atoms with Crippen molar-refractivity contribution < 1.29 is 12.8 Å². The summed E-state index contributed by atoms with van der Waals surface area (Å²) in [7, 11) is -3.64. The van der Waals surface area contributed by atoms with Crippen LogP contribution in [0.2, 0.25) is 0 Å². The second-order valence-electron chi connectivity index (χ2n) is 6.94. The number of anilines is 1. The summed E-state index contributed by atoms with van der Waals surface area (Å²) in [5.74, 6) is 0.541. The Bertz CT molecular complexity index is 1190. The first-order valence-electron chi connectivity index (χ1n) is 9.56. The van der Waals surface area contributed by atoms with E-state index in [9.17, 15) is 8.42 Å². The van der Waals surface area contributed by atoms with E-state index in [0.717, 1.165) is 16.8 Å². The Hall–Kier alpha value is -3.01. The number of aryl methyl sites for hydroxylation is 1. The molecule has 0 saturated heterocycles. The monoisotopic (exact) mass is 456 g/mol. The molecule has 3 N–H and O–H groups in total. The van der Waals surface area contributed by atoms with Crippen LogP contribution in [0.5, 0.6) is 0 Å². The molecule has 0 saturated carbocycles. The molecule has 0 radical (unpaired) electrons. The summed E-state index contributed by atoms with van der Waals surface area (Å²) >= 11 is 5.32. The van der Waals surface area contributed by atoms with Crippen LogP contribution in [0.1, 0.15) is 29.4 Å². The van der Waals surface area contributed by atoms with Crippen molar-refractivity contribution in [2.75, 3.05) is 5.32 Å². The number of nitrogens with zero attached hydrogens (tertiary/aromatic N) is 1. The zero-order chi connectivity index (χ0) is 22.4. The lowest BCUT2D eigenvalue weighted by Gasteiger charge is -2.12. The maximum atomic E-state index is 12.4. The van der Waals surface area contributed by atoms with Gasteiger partial charge in [-0.15, -0.1) is 0 Å². The molecule has 2 aromatic carbocycles. The Morgan fingerprint density at radius 3 is 2.48 bits per heavy atom. The highest BCUT2D eigenvalue weighted by Crippen LogP contribution is 2.18. The lowest BCUT2D eigenvalue weighted by atomic mass is 10.1. The van der Waals surface area contributed by atoms with Crippen LogP contribution in [0, 0.1) is 13.8 Å². The van der Waals surface area contributed by atoms with Crippen LogP contribution in [-0.4, -0.2) is 19.2 Å². The van der Waals surface area contributed by atoms with Gasteiger partial charge in [-0.25, -0.2) is 13.1 Å². The molecule has 31 heavy (non-hydrogen) atoms. The Labute approximate surface area is 187 Å². The second-order valence-corrected chi connectivity index (χ2v) is 9.11. The van der Waals surface area contributed by atoms with Crippen LogP contribution in [0.4, 0.5) is 5.69 Å². The first kappa shape index (κ1) is 22.7. The molecule has 0 bridgehead atoms. The summed E-state index contributed by atoms with van der Waals surface area (Å²) in [6, 6.07) is 15.8. The Morgan fingerprint density at radius 1 is 1.06 bits per heavy atom. The van der Waals surface area contributed by atoms with E-state index in [4.69, 9.17) is 16.6 Å². The van der Waals surface area contributed by atoms with Crippen molar-refractivity contribution >= 4 is 38.8 Å². The number of rotatable bonds is 7. The molecule has 0 aliphatic carbocycles. The third-order valence-electron chi connectivity index (χ3n) is 4.78. The van der Waals surface area contributed by atoms with Gasteiger partial charge >= 0.3 is 0 Å². The highest BCUT2D eigenvalue weighted by Gasteiger charge is 2.14. The van der Waals surface area contributed by atoms with E-state index in [2.05, 4.69) is 20.6 Å². The average molecular weight is 457 g/mol. The summed E-state index contributed by atoms with van der Waals surface area (Å²) in [5.41, 5.74) is 7.46. The number of benzene rings is 2. The van der Waals surface area contributed by atoms with Gasteiger partial charge in [0.05, 0.1) is 23.4 Å². The van der Waals surface area contributed by atoms with Crippen LogP contribution < -0.4 is 15.5 Å². The van der Waals surface area contributed by atoms with Gasteiger partial charge in [0.1, 0.15) is 5.76 Å². The molecular weight excluding hydrogens is 432 g/mol. The van der Waals surface area contributed by atoms with Gasteiger partial charge in [0.15, 0.2) is 5.11 Å². The Morgan fingerprint density at radius 2 is 1.81 bits per heavy atom. The number of hydrazone groups is 1. The van der Waals surface area contributed by atoms with Gasteiger partial charge in [-0.05, 0) is 80.0 Å². The van der Waals surface area contributed by atoms with E-state index in [1.807, 2.05) is 39.0 Å². The molecule has 9 heteroatoms. The van der Waals surface area contributed by atoms with Gasteiger partial charge in [0.25, 0.3) is 0 Å². The smallest absolute Gasteiger partial charge is 0.240 e. The number of thiocarbonyl (C=S) groups is 1. The summed E-state index contributed by atoms with van der Waals surface area (Å²) in [6.07, 6.45) is 1.50. The van der Waals surface area contributed by atoms with Crippen LogP contribution in [0.25, 0.3) is 0 Å². The summed E-state index contributed by atoms with van der Waals surface area (Å²) in [4.78, 5) is 0.163. The normalized spacial score (nSPS) is 11.9. The topological polar surface area (TPSA) is 95.7 Å². The van der Waals surface area contributed by atoms with Crippen molar-refractivity contribution in [2.24, 2.45) is 5.10 Å². The van der Waals surface area contributed by atoms with E-state index in [1.165, 1.54) is 24.0 Å². The third kappa shape index (κ3) is 6.00. The highest BCUT2D eigenvalue weighted by molar-refractivity contribution is 7.89. The van der Waals surface area contributed by atoms with Crippen molar-refractivity contribution in [1.29, 1.82) is 0 Å². The summed E-state index contributed by atoms with van der Waals surface area (Å²) in [5, 5.41) is 7.79. The lowest BCUT2D eigenvalue weighted by molar-refractivity contribution is 0.498. The summed E-state index contributed by atoms with van der Waals surface area (Å²) in [6.45, 7) is 5.96. The van der Waals surface area contributed by atoms with Crippen molar-refractivity contribution in [3.8, 4) is 0 Å². The molecule has 0 atom stereocenters.